The minimum absolute atomic E-state index is 0.00207. The average molecular weight is 361 g/mol. The smallest absolute Gasteiger partial charge is 0.234 e. The van der Waals surface area contributed by atoms with E-state index in [1.807, 2.05) is 31.9 Å². The van der Waals surface area contributed by atoms with Crippen molar-refractivity contribution in [3.63, 3.8) is 0 Å². The summed E-state index contributed by atoms with van der Waals surface area (Å²) < 4.78 is 1.09. The van der Waals surface area contributed by atoms with E-state index in [9.17, 15) is 9.59 Å². The molecule has 0 spiro atoms. The van der Waals surface area contributed by atoms with Crippen molar-refractivity contribution in [3.05, 3.63) is 20.8 Å². The zero-order valence-corrected chi connectivity index (χ0v) is 14.7. The van der Waals surface area contributed by atoms with Crippen LogP contribution in [0.5, 0.6) is 0 Å². The Morgan fingerprint density at radius 1 is 1.45 bits per heavy atom. The summed E-state index contributed by atoms with van der Waals surface area (Å²) in [5, 5.41) is 4.86. The second-order valence-electron chi connectivity index (χ2n) is 5.33. The van der Waals surface area contributed by atoms with E-state index in [2.05, 4.69) is 26.6 Å². The highest BCUT2D eigenvalue weighted by Gasteiger charge is 2.21. The molecule has 0 aromatic carbocycles. The predicted molar refractivity (Wildman–Crippen MR) is 85.8 cm³/mol. The first-order valence-corrected chi connectivity index (χ1v) is 8.18. The molecule has 4 nitrogen and oxygen atoms in total. The lowest BCUT2D eigenvalue weighted by molar-refractivity contribution is -0.128. The Balaban J connectivity index is 2.46. The Bertz CT molecular complexity index is 473. The predicted octanol–water partition coefficient (Wildman–Crippen LogP) is 2.67. The number of hydrogen-bond donors (Lipinski definition) is 1. The number of hydrogen-bond acceptors (Lipinski definition) is 4. The topological polar surface area (TPSA) is 49.4 Å². The molecule has 1 atom stereocenters. The molecule has 0 saturated heterocycles. The highest BCUT2D eigenvalue weighted by Crippen LogP contribution is 2.21. The maximum Gasteiger partial charge on any atom is 0.234 e. The van der Waals surface area contributed by atoms with Gasteiger partial charge >= 0.3 is 0 Å². The van der Waals surface area contributed by atoms with E-state index in [4.69, 9.17) is 0 Å². The number of rotatable bonds is 7. The number of nitrogens with zero attached hydrogens (tertiary/aromatic N) is 1. The molecular weight excluding hydrogens is 340 g/mol. The van der Waals surface area contributed by atoms with Crippen molar-refractivity contribution in [1.82, 2.24) is 10.2 Å². The van der Waals surface area contributed by atoms with Crippen LogP contribution >= 0.6 is 27.3 Å². The molecule has 112 valence electrons. The van der Waals surface area contributed by atoms with Crippen LogP contribution < -0.4 is 5.32 Å². The van der Waals surface area contributed by atoms with Gasteiger partial charge in [-0.25, -0.2) is 0 Å². The van der Waals surface area contributed by atoms with Crippen LogP contribution in [0.3, 0.4) is 0 Å². The number of ketones is 1. The van der Waals surface area contributed by atoms with Gasteiger partial charge in [0.1, 0.15) is 0 Å². The zero-order chi connectivity index (χ0) is 15.3. The third kappa shape index (κ3) is 5.73. The summed E-state index contributed by atoms with van der Waals surface area (Å²) in [6, 6.07) is 1.65. The van der Waals surface area contributed by atoms with Crippen LogP contribution in [0.4, 0.5) is 0 Å². The molecule has 6 heteroatoms. The van der Waals surface area contributed by atoms with Gasteiger partial charge in [-0.05, 0) is 52.8 Å². The minimum atomic E-state index is -0.397. The molecule has 0 aliphatic heterocycles. The van der Waals surface area contributed by atoms with Crippen LogP contribution in [0.1, 0.15) is 26.3 Å². The molecule has 1 N–H and O–H groups in total. The van der Waals surface area contributed by atoms with Gasteiger partial charge in [0.05, 0.1) is 16.4 Å². The van der Waals surface area contributed by atoms with Crippen LogP contribution in [0.2, 0.25) is 0 Å². The van der Waals surface area contributed by atoms with Gasteiger partial charge in [0.2, 0.25) is 5.91 Å². The lowest BCUT2D eigenvalue weighted by Crippen LogP contribution is -2.46. The molecule has 0 bridgehead atoms. The van der Waals surface area contributed by atoms with E-state index in [-0.39, 0.29) is 24.2 Å². The van der Waals surface area contributed by atoms with Crippen molar-refractivity contribution >= 4 is 39.0 Å². The fourth-order valence-electron chi connectivity index (χ4n) is 2.00. The van der Waals surface area contributed by atoms with Crippen LogP contribution in [-0.2, 0) is 16.1 Å². The maximum atomic E-state index is 12.0. The molecule has 1 rings (SSSR count). The Morgan fingerprint density at radius 3 is 2.55 bits per heavy atom. The molecule has 1 unspecified atom stereocenters. The molecular formula is C14H21BrN2O2S. The number of thiophene rings is 1. The third-order valence-electron chi connectivity index (χ3n) is 2.91. The van der Waals surface area contributed by atoms with Crippen LogP contribution in [0.25, 0.3) is 0 Å². The second kappa shape index (κ2) is 7.90. The number of halogens is 1. The van der Waals surface area contributed by atoms with Crippen molar-refractivity contribution in [1.29, 1.82) is 0 Å². The van der Waals surface area contributed by atoms with Crippen LogP contribution in [-0.4, -0.2) is 36.2 Å². The first kappa shape index (κ1) is 17.3. The van der Waals surface area contributed by atoms with Gasteiger partial charge in [-0.2, -0.15) is 0 Å². The molecule has 0 radical (unpaired) electrons. The van der Waals surface area contributed by atoms with Gasteiger partial charge in [0.25, 0.3) is 0 Å². The lowest BCUT2D eigenvalue weighted by atomic mass is 10.0. The van der Waals surface area contributed by atoms with Gasteiger partial charge in [0, 0.05) is 6.54 Å². The van der Waals surface area contributed by atoms with E-state index in [1.54, 1.807) is 11.3 Å². The van der Waals surface area contributed by atoms with Gasteiger partial charge in [-0.3, -0.25) is 14.5 Å². The molecule has 0 aliphatic carbocycles. The Morgan fingerprint density at radius 2 is 2.10 bits per heavy atom. The van der Waals surface area contributed by atoms with Crippen molar-refractivity contribution in [3.8, 4) is 0 Å². The fourth-order valence-corrected chi connectivity index (χ4v) is 3.20. The third-order valence-corrected chi connectivity index (χ3v) is 4.46. The van der Waals surface area contributed by atoms with Crippen molar-refractivity contribution < 1.29 is 9.59 Å². The highest BCUT2D eigenvalue weighted by molar-refractivity contribution is 9.11. The van der Waals surface area contributed by atoms with Gasteiger partial charge in [-0.1, -0.05) is 13.8 Å². The van der Waals surface area contributed by atoms with E-state index < -0.39 is 6.04 Å². The summed E-state index contributed by atoms with van der Waals surface area (Å²) in [7, 11) is 1.89. The molecule has 0 saturated carbocycles. The van der Waals surface area contributed by atoms with E-state index in [1.165, 1.54) is 12.5 Å². The summed E-state index contributed by atoms with van der Waals surface area (Å²) >= 11 is 5.05. The van der Waals surface area contributed by atoms with E-state index in [0.29, 0.717) is 6.54 Å². The molecule has 20 heavy (non-hydrogen) atoms. The molecule has 1 amide bonds. The number of Topliss-reactive ketones (excluding diaryl/α,β-unsaturated/α-hetero) is 1. The lowest BCUT2D eigenvalue weighted by Gasteiger charge is -2.22. The van der Waals surface area contributed by atoms with Gasteiger partial charge in [-0.15, -0.1) is 11.3 Å². The standard InChI is InChI=1S/C14H21BrN2O2S/c1-9(2)14(10(3)18)16-13(19)7-17(4)6-11-5-12(15)20-8-11/h5,8-9,14H,6-7H2,1-4H3,(H,16,19). The number of amides is 1. The monoisotopic (exact) mass is 360 g/mol. The summed E-state index contributed by atoms with van der Waals surface area (Å²) in [5.41, 5.74) is 1.17. The van der Waals surface area contributed by atoms with E-state index >= 15 is 0 Å². The number of likely N-dealkylation sites (N-methyl/N-ethyl adjacent to an activating group) is 1. The van der Waals surface area contributed by atoms with Crippen molar-refractivity contribution in [2.24, 2.45) is 5.92 Å². The summed E-state index contributed by atoms with van der Waals surface area (Å²) in [6.45, 7) is 6.36. The summed E-state index contributed by atoms with van der Waals surface area (Å²) in [6.07, 6.45) is 0. The number of nitrogens with one attached hydrogen (secondary N) is 1. The van der Waals surface area contributed by atoms with E-state index in [0.717, 1.165) is 3.79 Å². The molecule has 1 aromatic rings. The highest BCUT2D eigenvalue weighted by atomic mass is 79.9. The molecule has 0 fully saturated rings. The second-order valence-corrected chi connectivity index (χ2v) is 7.62. The first-order chi connectivity index (χ1) is 9.29. The largest absolute Gasteiger partial charge is 0.345 e. The summed E-state index contributed by atoms with van der Waals surface area (Å²) in [5.74, 6) is -0.0111. The van der Waals surface area contributed by atoms with Crippen LogP contribution in [0.15, 0.2) is 15.2 Å². The molecule has 1 aromatic heterocycles. The maximum absolute atomic E-state index is 12.0. The Kier molecular flexibility index (Phi) is 6.85. The molecule has 0 aliphatic rings. The Labute approximate surface area is 132 Å². The minimum Gasteiger partial charge on any atom is -0.345 e. The SMILES string of the molecule is CC(=O)C(NC(=O)CN(C)Cc1csc(Br)c1)C(C)C. The van der Waals surface area contributed by atoms with Gasteiger partial charge in [0.15, 0.2) is 5.78 Å². The number of carbonyl (C=O) groups is 2. The fraction of sp³-hybridized carbons (Fsp3) is 0.571. The zero-order valence-electron chi connectivity index (χ0n) is 12.3. The summed E-state index contributed by atoms with van der Waals surface area (Å²) in [4.78, 5) is 25.4. The van der Waals surface area contributed by atoms with Crippen LogP contribution in [0, 0.1) is 5.92 Å². The quantitative estimate of drug-likeness (QED) is 0.812. The van der Waals surface area contributed by atoms with Gasteiger partial charge < -0.3 is 5.32 Å². The van der Waals surface area contributed by atoms with Crippen molar-refractivity contribution in [2.45, 2.75) is 33.4 Å². The van der Waals surface area contributed by atoms with Crippen molar-refractivity contribution in [2.75, 3.05) is 13.6 Å². The molecule has 1 heterocycles. The average Bonchev–Trinajstić information content (AvgIpc) is 2.70. The Hall–Kier alpha value is -0.720. The number of carbonyl (C=O) groups excluding carboxylic acids is 2. The first-order valence-electron chi connectivity index (χ1n) is 6.51. The normalized spacial score (nSPS) is 12.8.